The molecule has 0 bridgehead atoms. The second-order valence-electron chi connectivity index (χ2n) is 22.4. The Morgan fingerprint density at radius 1 is 0.263 bits per heavy atom. The third-order valence-corrected chi connectivity index (χ3v) is 14.4. The maximum atomic E-state index is 12.0. The minimum absolute atomic E-state index is 0.0582. The van der Waals surface area contributed by atoms with Gasteiger partial charge in [-0.1, -0.05) is 285 Å². The number of aliphatic hydroxyl groups excluding tert-OH is 2. The summed E-state index contributed by atoms with van der Waals surface area (Å²) in [5.74, 6) is -3.32. The van der Waals surface area contributed by atoms with Gasteiger partial charge in [0.25, 0.3) is 0 Å². The van der Waals surface area contributed by atoms with E-state index in [9.17, 15) is 39.0 Å². The Balaban J connectivity index is -0.00000130. The Labute approximate surface area is 489 Å². The smallest absolute Gasteiger partial charge is 0.306 e. The highest BCUT2D eigenvalue weighted by atomic mass is 16.6. The van der Waals surface area contributed by atoms with Gasteiger partial charge in [-0.3, -0.25) is 28.8 Å². The van der Waals surface area contributed by atoms with Gasteiger partial charge in [-0.2, -0.15) is 0 Å². The van der Waals surface area contributed by atoms with Crippen LogP contribution < -0.4 is 0 Å². The number of hydrogen-bond donors (Lipinski definition) is 4. The van der Waals surface area contributed by atoms with Crippen molar-refractivity contribution in [1.82, 2.24) is 0 Å². The minimum atomic E-state index is -1.08. The van der Waals surface area contributed by atoms with Crippen molar-refractivity contribution in [3.05, 3.63) is 0 Å². The van der Waals surface area contributed by atoms with Gasteiger partial charge in [-0.05, 0) is 25.7 Å². The summed E-state index contributed by atoms with van der Waals surface area (Å²) < 4.78 is 21.0. The van der Waals surface area contributed by atoms with Crippen molar-refractivity contribution < 1.29 is 68.1 Å². The lowest BCUT2D eigenvalue weighted by Gasteiger charge is -2.15. The van der Waals surface area contributed by atoms with E-state index in [1.165, 1.54) is 205 Å². The maximum absolute atomic E-state index is 12.0. The quantitative estimate of drug-likeness (QED) is 0.0253. The summed E-state index contributed by atoms with van der Waals surface area (Å²) in [6.07, 6.45) is 53.8. The van der Waals surface area contributed by atoms with Gasteiger partial charge in [0, 0.05) is 25.7 Å². The van der Waals surface area contributed by atoms with Crippen molar-refractivity contribution >= 4 is 35.8 Å². The summed E-state index contributed by atoms with van der Waals surface area (Å²) in [6, 6.07) is 0. The van der Waals surface area contributed by atoms with Gasteiger partial charge < -0.3 is 39.4 Å². The molecule has 0 saturated carbocycles. The molecule has 0 aromatic heterocycles. The number of carbonyl (C=O) groups excluding carboxylic acids is 4. The first-order chi connectivity index (χ1) is 38.9. The van der Waals surface area contributed by atoms with E-state index in [-0.39, 0.29) is 63.1 Å². The Morgan fingerprint density at radius 2 is 0.438 bits per heavy atom. The largest absolute Gasteiger partial charge is 0.481 e. The van der Waals surface area contributed by atoms with E-state index in [0.717, 1.165) is 77.0 Å². The highest BCUT2D eigenvalue weighted by Crippen LogP contribution is 2.17. The molecule has 0 heterocycles. The van der Waals surface area contributed by atoms with Gasteiger partial charge in [0.1, 0.15) is 13.2 Å². The Hall–Kier alpha value is -3.26. The molecule has 0 aliphatic carbocycles. The number of carboxylic acid groups (broad SMARTS) is 2. The fourth-order valence-electron chi connectivity index (χ4n) is 9.20. The summed E-state index contributed by atoms with van der Waals surface area (Å²) >= 11 is 0. The van der Waals surface area contributed by atoms with Crippen molar-refractivity contribution in [2.75, 3.05) is 26.4 Å². The Kier molecular flexibility index (Phi) is 69.1. The van der Waals surface area contributed by atoms with Crippen LogP contribution in [-0.2, 0) is 47.7 Å². The second-order valence-corrected chi connectivity index (χ2v) is 22.4. The number of carboxylic acids is 2. The number of rotatable bonds is 59. The lowest BCUT2D eigenvalue weighted by Crippen LogP contribution is -2.28. The van der Waals surface area contributed by atoms with Crippen molar-refractivity contribution in [3.8, 4) is 0 Å². The molecule has 0 aliphatic heterocycles. The topological polar surface area (TPSA) is 220 Å². The van der Waals surface area contributed by atoms with E-state index in [0.29, 0.717) is 25.7 Å². The molecular weight excluding hydrogens is 1020 g/mol. The molecule has 4 N–H and O–H groups in total. The first-order valence-corrected chi connectivity index (χ1v) is 33.3. The molecule has 0 aromatic rings. The third kappa shape index (κ3) is 70.8. The Bertz CT molecular complexity index is 1260. The number of aliphatic carboxylic acids is 2. The van der Waals surface area contributed by atoms with Crippen LogP contribution in [0, 0.1) is 0 Å². The molecule has 0 fully saturated rings. The molecule has 0 saturated heterocycles. The first-order valence-electron chi connectivity index (χ1n) is 33.3. The number of carbonyl (C=O) groups is 6. The van der Waals surface area contributed by atoms with Gasteiger partial charge in [-0.25, -0.2) is 0 Å². The predicted molar refractivity (Wildman–Crippen MR) is 325 cm³/mol. The molecule has 0 rings (SSSR count). The molecule has 2 unspecified atom stereocenters. The van der Waals surface area contributed by atoms with Gasteiger partial charge in [-0.15, -0.1) is 0 Å². The van der Waals surface area contributed by atoms with Gasteiger partial charge >= 0.3 is 35.8 Å². The van der Waals surface area contributed by atoms with E-state index in [4.69, 9.17) is 29.2 Å². The summed E-state index contributed by atoms with van der Waals surface area (Å²) in [5, 5.41) is 34.7. The first kappa shape index (κ1) is 81.0. The van der Waals surface area contributed by atoms with E-state index >= 15 is 0 Å². The second kappa shape index (κ2) is 68.2. The minimum Gasteiger partial charge on any atom is -0.481 e. The van der Waals surface area contributed by atoms with E-state index < -0.39 is 24.1 Å². The van der Waals surface area contributed by atoms with Gasteiger partial charge in [0.15, 0.2) is 12.2 Å². The van der Waals surface area contributed by atoms with E-state index in [1.807, 2.05) is 0 Å². The van der Waals surface area contributed by atoms with Crippen LogP contribution in [-0.4, -0.2) is 94.9 Å². The highest BCUT2D eigenvalue weighted by molar-refractivity contribution is 5.75. The molecule has 0 aromatic carbocycles. The molecule has 80 heavy (non-hydrogen) atoms. The third-order valence-electron chi connectivity index (χ3n) is 14.4. The molecule has 0 amide bonds. The number of esters is 4. The average molecular weight is 1140 g/mol. The molecular formula is C66H126O14. The van der Waals surface area contributed by atoms with Crippen LogP contribution >= 0.6 is 0 Å². The van der Waals surface area contributed by atoms with Crippen molar-refractivity contribution in [2.45, 2.75) is 361 Å². The van der Waals surface area contributed by atoms with Gasteiger partial charge in [0.2, 0.25) is 0 Å². The molecule has 0 radical (unpaired) electrons. The summed E-state index contributed by atoms with van der Waals surface area (Å²) in [7, 11) is 0. The normalized spacial score (nSPS) is 11.6. The zero-order chi connectivity index (χ0) is 59.6. The van der Waals surface area contributed by atoms with E-state index in [2.05, 4.69) is 27.7 Å². The average Bonchev–Trinajstić information content (AvgIpc) is 3.44. The molecule has 2 atom stereocenters. The fourth-order valence-corrected chi connectivity index (χ4v) is 9.20. The molecule has 0 aliphatic rings. The SMILES string of the molecule is CCCCCCCCCCCCCC(=O)OCC(CO)OC(=O)CCCCCCCCCCCCC.CCCCCCCCCCCCCC(=O)OCC(CO)OC(=O)CCCCCCCCCCCCC.O=C(O)CCC(=O)O. The fraction of sp³-hybridized carbons (Fsp3) is 0.909. The van der Waals surface area contributed by atoms with Crippen molar-refractivity contribution in [2.24, 2.45) is 0 Å². The number of unbranched alkanes of at least 4 members (excludes halogenated alkanes) is 40. The number of aliphatic hydroxyl groups is 2. The molecule has 474 valence electrons. The zero-order valence-corrected chi connectivity index (χ0v) is 52.2. The summed E-state index contributed by atoms with van der Waals surface area (Å²) in [4.78, 5) is 67.2. The zero-order valence-electron chi connectivity index (χ0n) is 52.2. The Morgan fingerprint density at radius 3 is 0.613 bits per heavy atom. The van der Waals surface area contributed by atoms with Crippen molar-refractivity contribution in [1.29, 1.82) is 0 Å². The lowest BCUT2D eigenvalue weighted by atomic mass is 10.1. The standard InChI is InChI=1S/2C31H60O5.C4H6O4/c2*1-3-5-7-9-11-13-15-17-19-21-23-25-30(33)35-28-29(27-32)36-31(34)26-24-22-20-18-16-14-12-10-8-6-4-2;5-3(6)1-2-4(7)8/h2*29,32H,3-28H2,1-2H3;1-2H2,(H,5,6)(H,7,8). The maximum Gasteiger partial charge on any atom is 0.306 e. The summed E-state index contributed by atoms with van der Waals surface area (Å²) in [6.45, 7) is 8.22. The van der Waals surface area contributed by atoms with E-state index in [1.54, 1.807) is 0 Å². The van der Waals surface area contributed by atoms with Gasteiger partial charge in [0.05, 0.1) is 26.1 Å². The molecule has 14 nitrogen and oxygen atoms in total. The number of hydrogen-bond acceptors (Lipinski definition) is 12. The van der Waals surface area contributed by atoms with Crippen LogP contribution in [0.15, 0.2) is 0 Å². The summed E-state index contributed by atoms with van der Waals surface area (Å²) in [5.41, 5.74) is 0. The number of ether oxygens (including phenoxy) is 4. The van der Waals surface area contributed by atoms with Crippen LogP contribution in [0.3, 0.4) is 0 Å². The molecule has 14 heteroatoms. The van der Waals surface area contributed by atoms with Crippen LogP contribution in [0.4, 0.5) is 0 Å². The van der Waals surface area contributed by atoms with Crippen LogP contribution in [0.1, 0.15) is 349 Å². The predicted octanol–water partition coefficient (Wildman–Crippen LogP) is 17.6. The highest BCUT2D eigenvalue weighted by Gasteiger charge is 2.18. The van der Waals surface area contributed by atoms with Crippen LogP contribution in [0.5, 0.6) is 0 Å². The molecule has 0 spiro atoms. The van der Waals surface area contributed by atoms with Crippen LogP contribution in [0.25, 0.3) is 0 Å². The lowest BCUT2D eigenvalue weighted by molar-refractivity contribution is -0.161. The van der Waals surface area contributed by atoms with Crippen LogP contribution in [0.2, 0.25) is 0 Å². The van der Waals surface area contributed by atoms with Crippen molar-refractivity contribution in [3.63, 3.8) is 0 Å². The monoisotopic (exact) mass is 1140 g/mol.